The molecule has 2 N–H and O–H groups in total. The summed E-state index contributed by atoms with van der Waals surface area (Å²) >= 11 is 0. The molecule has 24 heavy (non-hydrogen) atoms. The fourth-order valence-electron chi connectivity index (χ4n) is 2.78. The zero-order valence-electron chi connectivity index (χ0n) is 13.6. The molecular weight excluding hydrogens is 325 g/mol. The molecule has 5 nitrogen and oxygen atoms in total. The zero-order chi connectivity index (χ0) is 18.0. The second-order valence-corrected chi connectivity index (χ2v) is 6.17. The van der Waals surface area contributed by atoms with Crippen molar-refractivity contribution < 1.29 is 27.8 Å². The highest BCUT2D eigenvalue weighted by atomic mass is 19.4. The number of carbonyl (C=O) groups is 1. The first-order chi connectivity index (χ1) is 11.2. The lowest BCUT2D eigenvalue weighted by Gasteiger charge is -2.33. The van der Waals surface area contributed by atoms with E-state index in [0.29, 0.717) is 24.2 Å². The molecule has 1 atom stereocenters. The topological polar surface area (TPSA) is 61.8 Å². The van der Waals surface area contributed by atoms with Crippen LogP contribution >= 0.6 is 0 Å². The van der Waals surface area contributed by atoms with Crippen LogP contribution in [0.15, 0.2) is 18.2 Å². The number of hydrogen-bond donors (Lipinski definition) is 2. The van der Waals surface area contributed by atoms with Crippen molar-refractivity contribution in [3.8, 4) is 5.75 Å². The summed E-state index contributed by atoms with van der Waals surface area (Å²) in [6.07, 6.45) is -2.94. The highest BCUT2D eigenvalue weighted by Gasteiger charge is 2.39. The maximum absolute atomic E-state index is 12.5. The van der Waals surface area contributed by atoms with Gasteiger partial charge in [0.15, 0.2) is 6.61 Å². The lowest BCUT2D eigenvalue weighted by atomic mass is 10.0. The van der Waals surface area contributed by atoms with Crippen molar-refractivity contribution in [3.63, 3.8) is 0 Å². The molecule has 0 saturated carbocycles. The molecule has 0 unspecified atom stereocenters. The molecule has 2 rings (SSSR count). The molecule has 2 amide bonds. The van der Waals surface area contributed by atoms with Crippen molar-refractivity contribution >= 4 is 11.7 Å². The quantitative estimate of drug-likeness (QED) is 0.879. The first-order valence-electron chi connectivity index (χ1n) is 7.65. The summed E-state index contributed by atoms with van der Waals surface area (Å²) in [7, 11) is 0. The first-order valence-corrected chi connectivity index (χ1v) is 7.65. The van der Waals surface area contributed by atoms with Crippen LogP contribution in [0, 0.1) is 6.92 Å². The zero-order valence-corrected chi connectivity index (χ0v) is 13.6. The summed E-state index contributed by atoms with van der Waals surface area (Å²) in [6, 6.07) is 4.15. The third kappa shape index (κ3) is 4.11. The number of likely N-dealkylation sites (tertiary alicyclic amines) is 1. The van der Waals surface area contributed by atoms with Crippen LogP contribution in [-0.2, 0) is 0 Å². The number of benzene rings is 1. The molecule has 1 aliphatic rings. The standard InChI is InChI=1S/C16H21F3N2O3/c1-11-12(5-3-6-13(11)24-10-16(17,18)19)20-14(23)21-8-4-7-15(21,2)9-22/h3,5-6,22H,4,7-10H2,1-2H3,(H,20,23)/t15-/m0/s1. The number of nitrogens with zero attached hydrogens (tertiary/aromatic N) is 1. The third-order valence-corrected chi connectivity index (χ3v) is 4.25. The minimum Gasteiger partial charge on any atom is -0.484 e. The molecule has 8 heteroatoms. The number of nitrogens with one attached hydrogen (secondary N) is 1. The van der Waals surface area contributed by atoms with E-state index in [1.54, 1.807) is 24.8 Å². The van der Waals surface area contributed by atoms with E-state index in [9.17, 15) is 23.1 Å². The normalized spacial score (nSPS) is 21.0. The summed E-state index contributed by atoms with van der Waals surface area (Å²) < 4.78 is 41.6. The van der Waals surface area contributed by atoms with Gasteiger partial charge in [-0.05, 0) is 38.8 Å². The number of hydrogen-bond acceptors (Lipinski definition) is 3. The van der Waals surface area contributed by atoms with Gasteiger partial charge in [-0.15, -0.1) is 0 Å². The van der Waals surface area contributed by atoms with E-state index in [4.69, 9.17) is 4.74 Å². The third-order valence-electron chi connectivity index (χ3n) is 4.25. The molecule has 1 aromatic rings. The van der Waals surface area contributed by atoms with Crippen LogP contribution < -0.4 is 10.1 Å². The van der Waals surface area contributed by atoms with Gasteiger partial charge in [0.2, 0.25) is 0 Å². The van der Waals surface area contributed by atoms with E-state index < -0.39 is 18.3 Å². The fourth-order valence-corrected chi connectivity index (χ4v) is 2.78. The number of urea groups is 1. The van der Waals surface area contributed by atoms with E-state index in [1.165, 1.54) is 12.1 Å². The van der Waals surface area contributed by atoms with Gasteiger partial charge in [-0.2, -0.15) is 13.2 Å². The van der Waals surface area contributed by atoms with Crippen molar-refractivity contribution in [2.24, 2.45) is 0 Å². The van der Waals surface area contributed by atoms with Gasteiger partial charge >= 0.3 is 12.2 Å². The summed E-state index contributed by atoms with van der Waals surface area (Å²) in [6.45, 7) is 2.37. The number of rotatable bonds is 4. The molecule has 1 saturated heterocycles. The van der Waals surface area contributed by atoms with E-state index in [1.807, 2.05) is 0 Å². The van der Waals surface area contributed by atoms with Crippen molar-refractivity contribution in [3.05, 3.63) is 23.8 Å². The monoisotopic (exact) mass is 346 g/mol. The van der Waals surface area contributed by atoms with Gasteiger partial charge in [-0.25, -0.2) is 4.79 Å². The maximum Gasteiger partial charge on any atom is 0.422 e. The van der Waals surface area contributed by atoms with Gasteiger partial charge in [0, 0.05) is 17.8 Å². The predicted octanol–water partition coefficient (Wildman–Crippen LogP) is 3.31. The maximum atomic E-state index is 12.5. The van der Waals surface area contributed by atoms with Crippen molar-refractivity contribution in [1.82, 2.24) is 4.90 Å². The summed E-state index contributed by atoms with van der Waals surface area (Å²) in [5, 5.41) is 12.2. The Morgan fingerprint density at radius 1 is 1.46 bits per heavy atom. The lowest BCUT2D eigenvalue weighted by Crippen LogP contribution is -2.49. The molecular formula is C16H21F3N2O3. The second-order valence-electron chi connectivity index (χ2n) is 6.17. The number of carbonyl (C=O) groups excluding carboxylic acids is 1. The highest BCUT2D eigenvalue weighted by Crippen LogP contribution is 2.31. The molecule has 134 valence electrons. The number of anilines is 1. The average Bonchev–Trinajstić information content (AvgIpc) is 2.90. The first kappa shape index (κ1) is 18.4. The number of ether oxygens (including phenoxy) is 1. The minimum atomic E-state index is -4.43. The Balaban J connectivity index is 2.11. The van der Waals surface area contributed by atoms with E-state index >= 15 is 0 Å². The molecule has 0 spiro atoms. The molecule has 1 aromatic carbocycles. The second kappa shape index (κ2) is 6.88. The van der Waals surface area contributed by atoms with Crippen molar-refractivity contribution in [1.29, 1.82) is 0 Å². The summed E-state index contributed by atoms with van der Waals surface area (Å²) in [5.74, 6) is 0.0662. The van der Waals surface area contributed by atoms with Crippen molar-refractivity contribution in [2.75, 3.05) is 25.1 Å². The predicted molar refractivity (Wildman–Crippen MR) is 83.2 cm³/mol. The van der Waals surface area contributed by atoms with Gasteiger partial charge in [-0.1, -0.05) is 6.07 Å². The number of aliphatic hydroxyl groups is 1. The highest BCUT2D eigenvalue weighted by molar-refractivity contribution is 5.91. The van der Waals surface area contributed by atoms with Crippen LogP contribution in [0.25, 0.3) is 0 Å². The Bertz CT molecular complexity index is 607. The molecule has 1 fully saturated rings. The number of halogens is 3. The Kier molecular flexibility index (Phi) is 5.27. The van der Waals surface area contributed by atoms with E-state index in [-0.39, 0.29) is 18.4 Å². The number of alkyl halides is 3. The van der Waals surface area contributed by atoms with Crippen LogP contribution in [0.4, 0.5) is 23.7 Å². The Hall–Kier alpha value is -1.96. The minimum absolute atomic E-state index is 0.0662. The average molecular weight is 346 g/mol. The Labute approximate surface area is 138 Å². The van der Waals surface area contributed by atoms with E-state index in [2.05, 4.69) is 5.32 Å². The van der Waals surface area contributed by atoms with Crippen LogP contribution in [-0.4, -0.2) is 47.5 Å². The Morgan fingerprint density at radius 3 is 2.79 bits per heavy atom. The number of aliphatic hydroxyl groups excluding tert-OH is 1. The summed E-state index contributed by atoms with van der Waals surface area (Å²) in [4.78, 5) is 14.0. The SMILES string of the molecule is Cc1c(NC(=O)N2CCC[C@@]2(C)CO)cccc1OCC(F)(F)F. The van der Waals surface area contributed by atoms with Gasteiger partial charge in [0.25, 0.3) is 0 Å². The van der Waals surface area contributed by atoms with Gasteiger partial charge in [0.05, 0.1) is 12.1 Å². The van der Waals surface area contributed by atoms with Crippen molar-refractivity contribution in [2.45, 2.75) is 38.4 Å². The molecule has 0 bridgehead atoms. The smallest absolute Gasteiger partial charge is 0.422 e. The lowest BCUT2D eigenvalue weighted by molar-refractivity contribution is -0.153. The van der Waals surface area contributed by atoms with Crippen LogP contribution in [0.2, 0.25) is 0 Å². The van der Waals surface area contributed by atoms with Gasteiger partial charge in [0.1, 0.15) is 5.75 Å². The van der Waals surface area contributed by atoms with Crippen LogP contribution in [0.5, 0.6) is 5.75 Å². The van der Waals surface area contributed by atoms with Gasteiger partial charge in [-0.3, -0.25) is 0 Å². The van der Waals surface area contributed by atoms with Crippen LogP contribution in [0.3, 0.4) is 0 Å². The molecule has 1 heterocycles. The number of amides is 2. The van der Waals surface area contributed by atoms with Crippen LogP contribution in [0.1, 0.15) is 25.3 Å². The summed E-state index contributed by atoms with van der Waals surface area (Å²) in [5.41, 5.74) is 0.175. The molecule has 0 aromatic heterocycles. The van der Waals surface area contributed by atoms with E-state index in [0.717, 1.165) is 6.42 Å². The van der Waals surface area contributed by atoms with Gasteiger partial charge < -0.3 is 20.1 Å². The fraction of sp³-hybridized carbons (Fsp3) is 0.562. The molecule has 0 aliphatic carbocycles. The largest absolute Gasteiger partial charge is 0.484 e. The molecule has 0 radical (unpaired) electrons. The Morgan fingerprint density at radius 2 is 2.17 bits per heavy atom. The molecule has 1 aliphatic heterocycles.